The van der Waals surface area contributed by atoms with E-state index in [1.54, 1.807) is 7.11 Å². The van der Waals surface area contributed by atoms with Gasteiger partial charge in [0, 0.05) is 36.1 Å². The number of ether oxygens (including phenoxy) is 1. The highest BCUT2D eigenvalue weighted by Gasteiger charge is 2.31. The lowest BCUT2D eigenvalue weighted by molar-refractivity contribution is -0.110. The summed E-state index contributed by atoms with van der Waals surface area (Å²) in [5, 5.41) is 2.98. The van der Waals surface area contributed by atoms with Crippen LogP contribution in [0.2, 0.25) is 0 Å². The van der Waals surface area contributed by atoms with Gasteiger partial charge in [-0.2, -0.15) is 0 Å². The van der Waals surface area contributed by atoms with Crippen LogP contribution in [0.4, 0.5) is 5.69 Å². The van der Waals surface area contributed by atoms with Gasteiger partial charge >= 0.3 is 0 Å². The van der Waals surface area contributed by atoms with E-state index in [2.05, 4.69) is 15.2 Å². The van der Waals surface area contributed by atoms with Crippen LogP contribution in [0.3, 0.4) is 0 Å². The second kappa shape index (κ2) is 9.07. The lowest BCUT2D eigenvalue weighted by Crippen LogP contribution is -2.34. The van der Waals surface area contributed by atoms with Gasteiger partial charge in [0.25, 0.3) is 11.8 Å². The van der Waals surface area contributed by atoms with Crippen LogP contribution in [0.5, 0.6) is 5.75 Å². The Morgan fingerprint density at radius 1 is 1.17 bits per heavy atom. The number of methoxy groups -OCH3 is 1. The number of nitrogens with one attached hydrogen (secondary N) is 2. The van der Waals surface area contributed by atoms with Gasteiger partial charge in [-0.3, -0.25) is 9.59 Å². The molecule has 0 spiro atoms. The molecule has 1 aromatic heterocycles. The monoisotopic (exact) mass is 470 g/mol. The zero-order valence-electron chi connectivity index (χ0n) is 20.5. The van der Waals surface area contributed by atoms with Crippen LogP contribution in [0.25, 0.3) is 22.8 Å². The topological polar surface area (TPSA) is 77.7 Å². The Morgan fingerprint density at radius 2 is 1.94 bits per heavy atom. The molecule has 7 heteroatoms. The van der Waals surface area contributed by atoms with E-state index in [1.165, 1.54) is 0 Å². The third kappa shape index (κ3) is 4.23. The normalized spacial score (nSPS) is 18.3. The standard InChI is InChI=1S/C28H30N4O3/c1-17-14-22(28(34)32-13-12-19(16-32)31(2)3)25(29-17)15-23-26-21(6-5-7-24(26)30-27(23)33)18-8-10-20(35-4)11-9-18/h5-11,14-15,19,29H,12-13,16H2,1-4H3,(H,30,33)/b23-15-. The number of fused-ring (bicyclic) bond motifs is 1. The summed E-state index contributed by atoms with van der Waals surface area (Å²) < 4.78 is 5.29. The van der Waals surface area contributed by atoms with Crippen molar-refractivity contribution in [2.45, 2.75) is 19.4 Å². The predicted molar refractivity (Wildman–Crippen MR) is 138 cm³/mol. The van der Waals surface area contributed by atoms with Crippen molar-refractivity contribution in [2.24, 2.45) is 0 Å². The molecule has 1 fully saturated rings. The largest absolute Gasteiger partial charge is 0.497 e. The van der Waals surface area contributed by atoms with Gasteiger partial charge < -0.3 is 24.8 Å². The predicted octanol–water partition coefficient (Wildman–Crippen LogP) is 4.27. The molecule has 1 atom stereocenters. The van der Waals surface area contributed by atoms with Crippen LogP contribution in [0.1, 0.15) is 33.7 Å². The fourth-order valence-electron chi connectivity index (χ4n) is 4.96. The number of hydrogen-bond donors (Lipinski definition) is 2. The molecule has 0 aliphatic carbocycles. The van der Waals surface area contributed by atoms with Crippen molar-refractivity contribution in [3.05, 3.63) is 71.0 Å². The number of likely N-dealkylation sites (N-methyl/N-ethyl adjacent to an activating group) is 1. The number of benzene rings is 2. The fraction of sp³-hybridized carbons (Fsp3) is 0.286. The number of aryl methyl sites for hydroxylation is 1. The SMILES string of the molecule is COc1ccc(-c2cccc3c2/C(=C/c2[nH]c(C)cc2C(=O)N2CCC(N(C)C)C2)C(=O)N3)cc1. The van der Waals surface area contributed by atoms with E-state index in [9.17, 15) is 9.59 Å². The molecular formula is C28H30N4O3. The first kappa shape index (κ1) is 22.9. The lowest BCUT2D eigenvalue weighted by Gasteiger charge is -2.20. The van der Waals surface area contributed by atoms with Crippen molar-refractivity contribution in [3.8, 4) is 16.9 Å². The van der Waals surface area contributed by atoms with Crippen molar-refractivity contribution in [1.82, 2.24) is 14.8 Å². The number of H-pyrrole nitrogens is 1. The zero-order chi connectivity index (χ0) is 24.7. The molecular weight excluding hydrogens is 440 g/mol. The minimum absolute atomic E-state index is 0.00684. The Bertz CT molecular complexity index is 1320. The highest BCUT2D eigenvalue weighted by Crippen LogP contribution is 2.41. The van der Waals surface area contributed by atoms with E-state index in [4.69, 9.17) is 4.74 Å². The summed E-state index contributed by atoms with van der Waals surface area (Å²) >= 11 is 0. The number of rotatable bonds is 5. The van der Waals surface area contributed by atoms with Crippen LogP contribution in [-0.2, 0) is 4.79 Å². The summed E-state index contributed by atoms with van der Waals surface area (Å²) in [5.74, 6) is 0.586. The first-order valence-electron chi connectivity index (χ1n) is 11.8. The smallest absolute Gasteiger partial charge is 0.256 e. The highest BCUT2D eigenvalue weighted by molar-refractivity contribution is 6.36. The Kier molecular flexibility index (Phi) is 5.94. The summed E-state index contributed by atoms with van der Waals surface area (Å²) in [5.41, 5.74) is 6.19. The number of anilines is 1. The molecule has 2 aliphatic heterocycles. The first-order valence-corrected chi connectivity index (χ1v) is 11.8. The summed E-state index contributed by atoms with van der Waals surface area (Å²) in [6.07, 6.45) is 2.77. The van der Waals surface area contributed by atoms with Crippen molar-refractivity contribution < 1.29 is 14.3 Å². The summed E-state index contributed by atoms with van der Waals surface area (Å²) in [4.78, 5) is 33.9. The van der Waals surface area contributed by atoms with Crippen LogP contribution in [0, 0.1) is 6.92 Å². The third-order valence-electron chi connectivity index (χ3n) is 6.91. The van der Waals surface area contributed by atoms with E-state index in [1.807, 2.05) is 80.5 Å². The van der Waals surface area contributed by atoms with E-state index >= 15 is 0 Å². The molecule has 2 amide bonds. The Labute approximate surface area is 205 Å². The maximum atomic E-state index is 13.4. The van der Waals surface area contributed by atoms with Gasteiger partial charge in [0.15, 0.2) is 0 Å². The number of hydrogen-bond acceptors (Lipinski definition) is 4. The maximum Gasteiger partial charge on any atom is 0.256 e. The van der Waals surface area contributed by atoms with Crippen molar-refractivity contribution in [1.29, 1.82) is 0 Å². The number of aromatic amines is 1. The Hall–Kier alpha value is -3.84. The highest BCUT2D eigenvalue weighted by atomic mass is 16.5. The molecule has 0 bridgehead atoms. The minimum atomic E-state index is -0.180. The molecule has 0 radical (unpaired) electrons. The van der Waals surface area contributed by atoms with Gasteiger partial charge in [0.2, 0.25) is 0 Å². The van der Waals surface area contributed by atoms with Crippen LogP contribution >= 0.6 is 0 Å². The molecule has 35 heavy (non-hydrogen) atoms. The lowest BCUT2D eigenvalue weighted by atomic mass is 9.94. The molecule has 2 N–H and O–H groups in total. The summed E-state index contributed by atoms with van der Waals surface area (Å²) in [6, 6.07) is 15.9. The zero-order valence-corrected chi connectivity index (χ0v) is 20.5. The number of aromatic nitrogens is 1. The minimum Gasteiger partial charge on any atom is -0.497 e. The fourth-order valence-corrected chi connectivity index (χ4v) is 4.96. The third-order valence-corrected chi connectivity index (χ3v) is 6.91. The van der Waals surface area contributed by atoms with Gasteiger partial charge in [0.1, 0.15) is 5.75 Å². The van der Waals surface area contributed by atoms with Crippen LogP contribution in [-0.4, -0.2) is 66.9 Å². The Morgan fingerprint density at radius 3 is 2.63 bits per heavy atom. The van der Waals surface area contributed by atoms with E-state index < -0.39 is 0 Å². The van der Waals surface area contributed by atoms with Crippen LogP contribution in [0.15, 0.2) is 48.5 Å². The molecule has 2 aromatic carbocycles. The number of amides is 2. The second-order valence-corrected chi connectivity index (χ2v) is 9.41. The quantitative estimate of drug-likeness (QED) is 0.546. The van der Waals surface area contributed by atoms with Gasteiger partial charge in [0.05, 0.1) is 23.9 Å². The van der Waals surface area contributed by atoms with Crippen molar-refractivity contribution in [2.75, 3.05) is 39.6 Å². The average Bonchev–Trinajstić information content (AvgIpc) is 3.56. The van der Waals surface area contributed by atoms with E-state index in [0.717, 1.165) is 46.8 Å². The number of carbonyl (C=O) groups is 2. The molecule has 3 heterocycles. The maximum absolute atomic E-state index is 13.4. The van der Waals surface area contributed by atoms with Crippen molar-refractivity contribution in [3.63, 3.8) is 0 Å². The molecule has 5 rings (SSSR count). The van der Waals surface area contributed by atoms with Gasteiger partial charge in [-0.1, -0.05) is 24.3 Å². The summed E-state index contributed by atoms with van der Waals surface area (Å²) in [6.45, 7) is 3.36. The average molecular weight is 471 g/mol. The number of likely N-dealkylation sites (tertiary alicyclic amines) is 1. The van der Waals surface area contributed by atoms with E-state index in [-0.39, 0.29) is 11.8 Å². The Balaban J connectivity index is 1.54. The van der Waals surface area contributed by atoms with Crippen molar-refractivity contribution >= 4 is 29.2 Å². The summed E-state index contributed by atoms with van der Waals surface area (Å²) in [7, 11) is 5.73. The molecule has 3 aromatic rings. The molecule has 0 saturated carbocycles. The molecule has 2 aliphatic rings. The molecule has 180 valence electrons. The number of nitrogens with zero attached hydrogens (tertiary/aromatic N) is 2. The van der Waals surface area contributed by atoms with Gasteiger partial charge in [-0.15, -0.1) is 0 Å². The van der Waals surface area contributed by atoms with Crippen LogP contribution < -0.4 is 10.1 Å². The number of carbonyl (C=O) groups excluding carboxylic acids is 2. The molecule has 1 saturated heterocycles. The first-order chi connectivity index (χ1) is 16.9. The van der Waals surface area contributed by atoms with E-state index in [0.29, 0.717) is 29.4 Å². The van der Waals surface area contributed by atoms with Gasteiger partial charge in [-0.25, -0.2) is 0 Å². The molecule has 1 unspecified atom stereocenters. The van der Waals surface area contributed by atoms with Gasteiger partial charge in [-0.05, 0) is 68.9 Å². The second-order valence-electron chi connectivity index (χ2n) is 9.41. The molecule has 7 nitrogen and oxygen atoms in total.